The fraction of sp³-hybridized carbons (Fsp3) is 0.286. The van der Waals surface area contributed by atoms with Crippen LogP contribution in [0.3, 0.4) is 0 Å². The fourth-order valence-electron chi connectivity index (χ4n) is 4.67. The third-order valence-corrected chi connectivity index (χ3v) is 9.52. The summed E-state index contributed by atoms with van der Waals surface area (Å²) < 4.78 is 30.8. The highest BCUT2D eigenvalue weighted by Gasteiger charge is 2.31. The van der Waals surface area contributed by atoms with Crippen LogP contribution in [-0.2, 0) is 16.4 Å². The SMILES string of the molecule is CCc1ccc(-n2c(S[C@H]3CCCC[C@@H]3NS(=O)(=O)c3ccccc3)nc3ccccc3c2=O)cc1. The first-order valence-corrected chi connectivity index (χ1v) is 14.7. The summed E-state index contributed by atoms with van der Waals surface area (Å²) in [5.41, 5.74) is 2.47. The molecule has 5 rings (SSSR count). The second-order valence-electron chi connectivity index (χ2n) is 9.05. The molecule has 1 saturated carbocycles. The van der Waals surface area contributed by atoms with Crippen LogP contribution in [0.2, 0.25) is 0 Å². The van der Waals surface area contributed by atoms with Gasteiger partial charge in [-0.25, -0.2) is 18.1 Å². The van der Waals surface area contributed by atoms with Crippen molar-refractivity contribution in [3.8, 4) is 5.69 Å². The standard InChI is InChI=1S/C28H29N3O3S2/c1-2-20-16-18-21(19-17-20)31-27(32)23-12-6-7-13-24(23)29-28(31)35-26-15-9-8-14-25(26)30-36(33,34)22-10-4-3-5-11-22/h3-7,10-13,16-19,25-26,30H,2,8-9,14-15H2,1H3/t25-,26-/m0/s1. The third kappa shape index (κ3) is 5.12. The van der Waals surface area contributed by atoms with E-state index < -0.39 is 10.0 Å². The summed E-state index contributed by atoms with van der Waals surface area (Å²) in [6, 6.07) is 23.6. The highest BCUT2D eigenvalue weighted by Crippen LogP contribution is 2.35. The lowest BCUT2D eigenvalue weighted by Gasteiger charge is -2.31. The Morgan fingerprint density at radius 2 is 1.64 bits per heavy atom. The van der Waals surface area contributed by atoms with Crippen molar-refractivity contribution < 1.29 is 8.42 Å². The molecule has 0 saturated heterocycles. The average molecular weight is 520 g/mol. The molecular weight excluding hydrogens is 490 g/mol. The zero-order valence-corrected chi connectivity index (χ0v) is 21.8. The molecule has 1 N–H and O–H groups in total. The number of para-hydroxylation sites is 1. The molecule has 6 nitrogen and oxygen atoms in total. The Morgan fingerprint density at radius 3 is 2.39 bits per heavy atom. The van der Waals surface area contributed by atoms with Gasteiger partial charge in [-0.2, -0.15) is 0 Å². The number of thioether (sulfide) groups is 1. The highest BCUT2D eigenvalue weighted by atomic mass is 32.2. The summed E-state index contributed by atoms with van der Waals surface area (Å²) in [6.07, 6.45) is 4.45. The largest absolute Gasteiger partial charge is 0.268 e. The third-order valence-electron chi connectivity index (χ3n) is 6.67. The second kappa shape index (κ2) is 10.6. The van der Waals surface area contributed by atoms with Crippen LogP contribution < -0.4 is 10.3 Å². The Bertz CT molecular complexity index is 1520. The molecule has 0 unspecified atom stereocenters. The molecule has 1 fully saturated rings. The first-order valence-electron chi connectivity index (χ1n) is 12.3. The van der Waals surface area contributed by atoms with E-state index in [1.165, 1.54) is 17.3 Å². The van der Waals surface area contributed by atoms with Crippen LogP contribution in [-0.4, -0.2) is 29.3 Å². The van der Waals surface area contributed by atoms with Gasteiger partial charge in [0.05, 0.1) is 21.5 Å². The zero-order valence-electron chi connectivity index (χ0n) is 20.1. The Morgan fingerprint density at radius 1 is 0.944 bits per heavy atom. The van der Waals surface area contributed by atoms with Gasteiger partial charge in [-0.15, -0.1) is 0 Å². The van der Waals surface area contributed by atoms with E-state index in [9.17, 15) is 13.2 Å². The van der Waals surface area contributed by atoms with Gasteiger partial charge in [0.25, 0.3) is 5.56 Å². The van der Waals surface area contributed by atoms with Gasteiger partial charge in [0, 0.05) is 11.3 Å². The van der Waals surface area contributed by atoms with Crippen LogP contribution in [0.1, 0.15) is 38.2 Å². The van der Waals surface area contributed by atoms with E-state index in [1.54, 1.807) is 41.0 Å². The smallest absolute Gasteiger partial charge is 0.266 e. The minimum Gasteiger partial charge on any atom is -0.268 e. The Kier molecular flexibility index (Phi) is 7.27. The summed E-state index contributed by atoms with van der Waals surface area (Å²) in [7, 11) is -3.65. The van der Waals surface area contributed by atoms with Crippen LogP contribution in [0.15, 0.2) is 93.7 Å². The molecule has 1 aliphatic rings. The molecule has 186 valence electrons. The van der Waals surface area contributed by atoms with Crippen molar-refractivity contribution >= 4 is 32.7 Å². The quantitative estimate of drug-likeness (QED) is 0.334. The van der Waals surface area contributed by atoms with Gasteiger partial charge >= 0.3 is 0 Å². The number of nitrogens with zero attached hydrogens (tertiary/aromatic N) is 2. The maximum atomic E-state index is 13.6. The van der Waals surface area contributed by atoms with Crippen molar-refractivity contribution in [1.29, 1.82) is 0 Å². The summed E-state index contributed by atoms with van der Waals surface area (Å²) in [5.74, 6) is 0. The predicted octanol–water partition coefficient (Wildman–Crippen LogP) is 5.33. The lowest BCUT2D eigenvalue weighted by molar-refractivity contribution is 0.422. The van der Waals surface area contributed by atoms with Crippen LogP contribution in [0, 0.1) is 0 Å². The molecule has 0 spiro atoms. The van der Waals surface area contributed by atoms with Crippen molar-refractivity contribution in [1.82, 2.24) is 14.3 Å². The molecule has 1 aliphatic carbocycles. The van der Waals surface area contributed by atoms with Gasteiger partial charge < -0.3 is 0 Å². The monoisotopic (exact) mass is 519 g/mol. The van der Waals surface area contributed by atoms with Crippen LogP contribution in [0.25, 0.3) is 16.6 Å². The minimum atomic E-state index is -3.65. The number of rotatable bonds is 7. The first kappa shape index (κ1) is 24.7. The number of aryl methyl sites for hydroxylation is 1. The molecule has 8 heteroatoms. The molecule has 2 atom stereocenters. The molecule has 4 aromatic rings. The zero-order chi connectivity index (χ0) is 25.1. The van der Waals surface area contributed by atoms with Crippen LogP contribution in [0.5, 0.6) is 0 Å². The van der Waals surface area contributed by atoms with Crippen LogP contribution in [0.4, 0.5) is 0 Å². The van der Waals surface area contributed by atoms with Gasteiger partial charge in [-0.05, 0) is 61.2 Å². The highest BCUT2D eigenvalue weighted by molar-refractivity contribution is 7.99. The van der Waals surface area contributed by atoms with Crippen molar-refractivity contribution in [3.63, 3.8) is 0 Å². The molecule has 0 amide bonds. The summed E-state index contributed by atoms with van der Waals surface area (Å²) in [4.78, 5) is 18.8. The summed E-state index contributed by atoms with van der Waals surface area (Å²) in [6.45, 7) is 2.10. The fourth-order valence-corrected chi connectivity index (χ4v) is 7.46. The Balaban J connectivity index is 1.53. The maximum Gasteiger partial charge on any atom is 0.266 e. The first-order chi connectivity index (χ1) is 17.5. The molecule has 0 aliphatic heterocycles. The molecule has 36 heavy (non-hydrogen) atoms. The maximum absolute atomic E-state index is 13.6. The molecule has 1 aromatic heterocycles. The minimum absolute atomic E-state index is 0.0496. The van der Waals surface area contributed by atoms with Gasteiger partial charge in [-0.1, -0.05) is 74.0 Å². The van der Waals surface area contributed by atoms with E-state index in [1.807, 2.05) is 42.5 Å². The van der Waals surface area contributed by atoms with E-state index in [0.717, 1.165) is 37.8 Å². The normalized spacial score (nSPS) is 18.4. The molecule has 1 heterocycles. The Labute approximate surface area is 215 Å². The number of hydrogen-bond acceptors (Lipinski definition) is 5. The lowest BCUT2D eigenvalue weighted by atomic mass is 9.96. The molecule has 0 bridgehead atoms. The van der Waals surface area contributed by atoms with Crippen LogP contribution >= 0.6 is 11.8 Å². The van der Waals surface area contributed by atoms with Gasteiger partial charge in [0.15, 0.2) is 5.16 Å². The molecule has 3 aromatic carbocycles. The topological polar surface area (TPSA) is 81.1 Å². The van der Waals surface area contributed by atoms with Gasteiger partial charge in [0.1, 0.15) is 0 Å². The van der Waals surface area contributed by atoms with Gasteiger partial charge in [0.2, 0.25) is 10.0 Å². The van der Waals surface area contributed by atoms with E-state index >= 15 is 0 Å². The second-order valence-corrected chi connectivity index (χ2v) is 12.0. The number of aromatic nitrogens is 2. The molecule has 0 radical (unpaired) electrons. The van der Waals surface area contributed by atoms with E-state index in [4.69, 9.17) is 4.98 Å². The number of nitrogens with one attached hydrogen (secondary N) is 1. The summed E-state index contributed by atoms with van der Waals surface area (Å²) >= 11 is 1.49. The number of sulfonamides is 1. The predicted molar refractivity (Wildman–Crippen MR) is 145 cm³/mol. The average Bonchev–Trinajstić information content (AvgIpc) is 2.90. The Hall–Kier alpha value is -2.94. The van der Waals surface area contributed by atoms with E-state index in [0.29, 0.717) is 16.1 Å². The van der Waals surface area contributed by atoms with Gasteiger partial charge in [-0.3, -0.25) is 9.36 Å². The molecular formula is C28H29N3O3S2. The van der Waals surface area contributed by atoms with Crippen molar-refractivity contribution in [3.05, 3.63) is 94.8 Å². The number of hydrogen-bond donors (Lipinski definition) is 1. The van der Waals surface area contributed by atoms with Crippen molar-refractivity contribution in [2.24, 2.45) is 0 Å². The van der Waals surface area contributed by atoms with Crippen molar-refractivity contribution in [2.45, 2.75) is 60.4 Å². The van der Waals surface area contributed by atoms with E-state index in [2.05, 4.69) is 11.6 Å². The number of benzene rings is 3. The number of fused-ring (bicyclic) bond motifs is 1. The van der Waals surface area contributed by atoms with Crippen molar-refractivity contribution in [2.75, 3.05) is 0 Å². The summed E-state index contributed by atoms with van der Waals surface area (Å²) in [5, 5.41) is 1.09. The lowest BCUT2D eigenvalue weighted by Crippen LogP contribution is -2.44. The van der Waals surface area contributed by atoms with E-state index in [-0.39, 0.29) is 21.7 Å².